The molecule has 0 fully saturated rings. The molecule has 22 heavy (non-hydrogen) atoms. The van der Waals surface area contributed by atoms with Gasteiger partial charge in [0.05, 0.1) is 23.8 Å². The van der Waals surface area contributed by atoms with E-state index in [0.717, 1.165) is 11.3 Å². The van der Waals surface area contributed by atoms with E-state index in [1.54, 1.807) is 16.9 Å². The molecule has 2 heterocycles. The maximum absolute atomic E-state index is 12.1. The summed E-state index contributed by atoms with van der Waals surface area (Å²) in [4.78, 5) is 12.1. The second kappa shape index (κ2) is 6.26. The van der Waals surface area contributed by atoms with E-state index in [-0.39, 0.29) is 18.4 Å². The highest BCUT2D eigenvalue weighted by molar-refractivity contribution is 5.78. The smallest absolute Gasteiger partial charge is 0.226 e. The number of aromatic nitrogens is 3. The molecule has 2 aromatic heterocycles. The quantitative estimate of drug-likeness (QED) is 0.784. The van der Waals surface area contributed by atoms with Crippen molar-refractivity contribution in [3.05, 3.63) is 66.3 Å². The second-order valence-electron chi connectivity index (χ2n) is 4.97. The molecule has 0 aliphatic rings. The Morgan fingerprint density at radius 3 is 2.91 bits per heavy atom. The van der Waals surface area contributed by atoms with E-state index in [0.29, 0.717) is 5.69 Å². The lowest BCUT2D eigenvalue weighted by atomic mass is 10.1. The van der Waals surface area contributed by atoms with Gasteiger partial charge in [0.2, 0.25) is 5.91 Å². The molecule has 0 unspecified atom stereocenters. The van der Waals surface area contributed by atoms with Gasteiger partial charge in [-0.15, -0.1) is 0 Å². The minimum atomic E-state index is -0.139. The SMILES string of the molecule is C[C@H](NC(=O)Cc1ccon1)c1ccccc1-n1cccn1. The largest absolute Gasteiger partial charge is 0.364 e. The van der Waals surface area contributed by atoms with E-state index < -0.39 is 0 Å². The monoisotopic (exact) mass is 296 g/mol. The third-order valence-corrected chi connectivity index (χ3v) is 3.36. The fourth-order valence-corrected chi connectivity index (χ4v) is 2.34. The number of nitrogens with zero attached hydrogens (tertiary/aromatic N) is 3. The first-order chi connectivity index (χ1) is 10.7. The van der Waals surface area contributed by atoms with Crippen LogP contribution < -0.4 is 5.32 Å². The molecule has 3 rings (SSSR count). The van der Waals surface area contributed by atoms with Crippen LogP contribution in [0, 0.1) is 0 Å². The van der Waals surface area contributed by atoms with Gasteiger partial charge in [0.25, 0.3) is 0 Å². The molecule has 0 saturated carbocycles. The zero-order chi connectivity index (χ0) is 15.4. The van der Waals surface area contributed by atoms with Crippen LogP contribution in [0.15, 0.2) is 59.6 Å². The predicted octanol–water partition coefficient (Wildman–Crippen LogP) is 2.28. The predicted molar refractivity (Wildman–Crippen MR) is 80.3 cm³/mol. The lowest BCUT2D eigenvalue weighted by Crippen LogP contribution is -2.28. The Morgan fingerprint density at radius 2 is 2.18 bits per heavy atom. The van der Waals surface area contributed by atoms with Crippen LogP contribution in [0.25, 0.3) is 5.69 Å². The average Bonchev–Trinajstić information content (AvgIpc) is 3.20. The van der Waals surface area contributed by atoms with Crippen molar-refractivity contribution < 1.29 is 9.32 Å². The molecule has 3 aromatic rings. The molecule has 0 bridgehead atoms. The van der Waals surface area contributed by atoms with E-state index in [9.17, 15) is 4.79 Å². The fourth-order valence-electron chi connectivity index (χ4n) is 2.34. The summed E-state index contributed by atoms with van der Waals surface area (Å²) in [5.41, 5.74) is 2.56. The zero-order valence-electron chi connectivity index (χ0n) is 12.1. The van der Waals surface area contributed by atoms with E-state index >= 15 is 0 Å². The van der Waals surface area contributed by atoms with Gasteiger partial charge in [-0.3, -0.25) is 4.79 Å². The molecule has 6 nitrogen and oxygen atoms in total. The molecule has 112 valence electrons. The number of benzene rings is 1. The van der Waals surface area contributed by atoms with Crippen molar-refractivity contribution in [2.75, 3.05) is 0 Å². The fraction of sp³-hybridized carbons (Fsp3) is 0.188. The summed E-state index contributed by atoms with van der Waals surface area (Å²) in [5, 5.41) is 11.0. The maximum Gasteiger partial charge on any atom is 0.226 e. The lowest BCUT2D eigenvalue weighted by Gasteiger charge is -2.17. The molecular weight excluding hydrogens is 280 g/mol. The highest BCUT2D eigenvalue weighted by Gasteiger charge is 2.15. The van der Waals surface area contributed by atoms with Crippen molar-refractivity contribution >= 4 is 5.91 Å². The Morgan fingerprint density at radius 1 is 1.32 bits per heavy atom. The molecule has 0 aliphatic heterocycles. The lowest BCUT2D eigenvalue weighted by molar-refractivity contribution is -0.121. The first-order valence-corrected chi connectivity index (χ1v) is 7.01. The Hall–Kier alpha value is -2.89. The van der Waals surface area contributed by atoms with Crippen LogP contribution in [-0.4, -0.2) is 20.8 Å². The van der Waals surface area contributed by atoms with E-state index in [2.05, 4.69) is 15.6 Å². The molecular formula is C16H16N4O2. The van der Waals surface area contributed by atoms with Crippen LogP contribution in [-0.2, 0) is 11.2 Å². The Balaban J connectivity index is 1.75. The first-order valence-electron chi connectivity index (χ1n) is 7.01. The van der Waals surface area contributed by atoms with Crippen LogP contribution >= 0.6 is 0 Å². The van der Waals surface area contributed by atoms with Crippen LogP contribution in [0.2, 0.25) is 0 Å². The molecule has 1 amide bonds. The van der Waals surface area contributed by atoms with Gasteiger partial charge < -0.3 is 9.84 Å². The molecule has 0 aliphatic carbocycles. The first kappa shape index (κ1) is 14.1. The van der Waals surface area contributed by atoms with Crippen molar-refractivity contribution in [1.29, 1.82) is 0 Å². The molecule has 1 N–H and O–H groups in total. The van der Waals surface area contributed by atoms with Gasteiger partial charge in [0, 0.05) is 18.5 Å². The summed E-state index contributed by atoms with van der Waals surface area (Å²) >= 11 is 0. The summed E-state index contributed by atoms with van der Waals surface area (Å²) in [6, 6.07) is 11.3. The topological polar surface area (TPSA) is 73.0 Å². The van der Waals surface area contributed by atoms with E-state index in [1.807, 2.05) is 43.5 Å². The third kappa shape index (κ3) is 3.06. The van der Waals surface area contributed by atoms with Crippen molar-refractivity contribution in [2.24, 2.45) is 0 Å². The minimum absolute atomic E-state index is 0.100. The number of para-hydroxylation sites is 1. The molecule has 1 atom stereocenters. The van der Waals surface area contributed by atoms with Crippen molar-refractivity contribution in [3.63, 3.8) is 0 Å². The van der Waals surface area contributed by atoms with E-state index in [1.165, 1.54) is 6.26 Å². The van der Waals surface area contributed by atoms with Crippen LogP contribution in [0.1, 0.15) is 24.2 Å². The Labute approximate surface area is 127 Å². The van der Waals surface area contributed by atoms with Gasteiger partial charge >= 0.3 is 0 Å². The third-order valence-electron chi connectivity index (χ3n) is 3.36. The Bertz CT molecular complexity index is 735. The van der Waals surface area contributed by atoms with Crippen LogP contribution in [0.4, 0.5) is 0 Å². The van der Waals surface area contributed by atoms with Crippen LogP contribution in [0.5, 0.6) is 0 Å². The van der Waals surface area contributed by atoms with Crippen LogP contribution in [0.3, 0.4) is 0 Å². The van der Waals surface area contributed by atoms with Gasteiger partial charge in [-0.25, -0.2) is 4.68 Å². The number of rotatable bonds is 5. The summed E-state index contributed by atoms with van der Waals surface area (Å²) in [7, 11) is 0. The summed E-state index contributed by atoms with van der Waals surface area (Å²) < 4.78 is 6.52. The van der Waals surface area contributed by atoms with Gasteiger partial charge in [-0.05, 0) is 24.6 Å². The van der Waals surface area contributed by atoms with Crippen molar-refractivity contribution in [2.45, 2.75) is 19.4 Å². The van der Waals surface area contributed by atoms with Crippen molar-refractivity contribution in [1.82, 2.24) is 20.3 Å². The maximum atomic E-state index is 12.1. The molecule has 1 aromatic carbocycles. The number of hydrogen-bond donors (Lipinski definition) is 1. The standard InChI is InChI=1S/C16H16N4O2/c1-12(18-16(21)11-13-7-10-22-19-13)14-5-2-3-6-15(14)20-9-4-8-17-20/h2-10,12H,11H2,1H3,(H,18,21)/t12-/m0/s1. The minimum Gasteiger partial charge on any atom is -0.364 e. The van der Waals surface area contributed by atoms with Crippen molar-refractivity contribution in [3.8, 4) is 5.69 Å². The zero-order valence-corrected chi connectivity index (χ0v) is 12.1. The number of nitrogens with one attached hydrogen (secondary N) is 1. The summed E-state index contributed by atoms with van der Waals surface area (Å²) in [5.74, 6) is -0.100. The van der Waals surface area contributed by atoms with Gasteiger partial charge in [0.15, 0.2) is 0 Å². The highest BCUT2D eigenvalue weighted by Crippen LogP contribution is 2.21. The summed E-state index contributed by atoms with van der Waals surface area (Å²) in [6.07, 6.45) is 5.26. The number of hydrogen-bond acceptors (Lipinski definition) is 4. The average molecular weight is 296 g/mol. The van der Waals surface area contributed by atoms with E-state index in [4.69, 9.17) is 4.52 Å². The highest BCUT2D eigenvalue weighted by atomic mass is 16.5. The Kier molecular flexibility index (Phi) is 4.00. The number of carbonyl (C=O) groups excluding carboxylic acids is 1. The van der Waals surface area contributed by atoms with Gasteiger partial charge in [0.1, 0.15) is 6.26 Å². The summed E-state index contributed by atoms with van der Waals surface area (Å²) in [6.45, 7) is 1.95. The van der Waals surface area contributed by atoms with Gasteiger partial charge in [-0.2, -0.15) is 5.10 Å². The second-order valence-corrected chi connectivity index (χ2v) is 4.97. The molecule has 0 saturated heterocycles. The molecule has 6 heteroatoms. The number of amides is 1. The number of carbonyl (C=O) groups is 1. The molecule has 0 spiro atoms. The van der Waals surface area contributed by atoms with Gasteiger partial charge in [-0.1, -0.05) is 23.4 Å². The molecule has 0 radical (unpaired) electrons. The normalized spacial score (nSPS) is 12.0.